The van der Waals surface area contributed by atoms with Crippen LogP contribution < -0.4 is 5.73 Å². The van der Waals surface area contributed by atoms with E-state index in [2.05, 4.69) is 6.92 Å². The zero-order valence-electron chi connectivity index (χ0n) is 5.55. The predicted molar refractivity (Wildman–Crippen MR) is 33.5 cm³/mol. The van der Waals surface area contributed by atoms with Crippen LogP contribution in [-0.4, -0.2) is 5.91 Å². The molecule has 2 aliphatic carbocycles. The first-order valence-electron chi connectivity index (χ1n) is 3.46. The van der Waals surface area contributed by atoms with Gasteiger partial charge in [-0.05, 0) is 24.2 Å². The molecule has 50 valence electrons. The normalized spacial score (nSPS) is 53.4. The highest BCUT2D eigenvalue weighted by Gasteiger charge is 2.70. The van der Waals surface area contributed by atoms with Gasteiger partial charge in [-0.2, -0.15) is 0 Å². The lowest BCUT2D eigenvalue weighted by atomic mass is 10.2. The summed E-state index contributed by atoms with van der Waals surface area (Å²) in [5.74, 6) is 0.932. The van der Waals surface area contributed by atoms with Crippen LogP contribution in [0, 0.1) is 17.3 Å². The molecule has 0 aromatic heterocycles. The Bertz CT molecular complexity index is 178. The summed E-state index contributed by atoms with van der Waals surface area (Å²) in [4.78, 5) is 10.6. The number of carbonyl (C=O) groups excluding carboxylic acids is 1. The second kappa shape index (κ2) is 1.15. The number of hydrogen-bond donors (Lipinski definition) is 1. The maximum Gasteiger partial charge on any atom is 0.221 e. The number of carbonyl (C=O) groups is 1. The minimum atomic E-state index is -0.0839. The van der Waals surface area contributed by atoms with Crippen molar-refractivity contribution in [3.05, 3.63) is 0 Å². The fraction of sp³-hybridized carbons (Fsp3) is 0.857. The summed E-state index contributed by atoms with van der Waals surface area (Å²) in [6.07, 6.45) is 2.31. The van der Waals surface area contributed by atoms with E-state index in [0.29, 0.717) is 5.41 Å². The molecule has 2 nitrogen and oxygen atoms in total. The van der Waals surface area contributed by atoms with Crippen molar-refractivity contribution in [3.63, 3.8) is 0 Å². The maximum absolute atomic E-state index is 10.6. The molecule has 0 bridgehead atoms. The zero-order chi connectivity index (χ0) is 6.65. The van der Waals surface area contributed by atoms with E-state index in [9.17, 15) is 4.79 Å². The molecule has 2 heteroatoms. The Kier molecular flexibility index (Phi) is 0.675. The Balaban J connectivity index is 2.04. The highest BCUT2D eigenvalue weighted by atomic mass is 16.1. The molecule has 0 saturated heterocycles. The lowest BCUT2D eigenvalue weighted by Crippen LogP contribution is -2.14. The standard InChI is InChI=1S/C7H11NO/c1-4-2-7(4)3-5(7)6(8)9/h4-5H,2-3H2,1H3,(H2,8,9)/t4-,5-,7?/m1/s1. The smallest absolute Gasteiger partial charge is 0.221 e. The molecular formula is C7H11NO. The molecule has 2 fully saturated rings. The summed E-state index contributed by atoms with van der Waals surface area (Å²) in [7, 11) is 0. The highest BCUT2D eigenvalue weighted by Crippen LogP contribution is 2.74. The van der Waals surface area contributed by atoms with Crippen LogP contribution in [0.15, 0.2) is 0 Å². The Labute approximate surface area is 54.4 Å². The summed E-state index contributed by atoms with van der Waals surface area (Å²) < 4.78 is 0. The van der Waals surface area contributed by atoms with Gasteiger partial charge in [-0.25, -0.2) is 0 Å². The van der Waals surface area contributed by atoms with Crippen LogP contribution in [0.3, 0.4) is 0 Å². The zero-order valence-corrected chi connectivity index (χ0v) is 5.55. The summed E-state index contributed by atoms with van der Waals surface area (Å²) >= 11 is 0. The molecule has 3 atom stereocenters. The number of hydrogen-bond acceptors (Lipinski definition) is 1. The summed E-state index contributed by atoms with van der Waals surface area (Å²) in [5.41, 5.74) is 5.56. The van der Waals surface area contributed by atoms with E-state index in [-0.39, 0.29) is 11.8 Å². The van der Waals surface area contributed by atoms with Crippen molar-refractivity contribution in [1.82, 2.24) is 0 Å². The summed E-state index contributed by atoms with van der Waals surface area (Å²) in [6, 6.07) is 0. The van der Waals surface area contributed by atoms with E-state index in [1.165, 1.54) is 6.42 Å². The van der Waals surface area contributed by atoms with Crippen molar-refractivity contribution in [2.24, 2.45) is 23.0 Å². The number of amides is 1. The molecule has 1 unspecified atom stereocenters. The van der Waals surface area contributed by atoms with Gasteiger partial charge in [-0.15, -0.1) is 0 Å². The van der Waals surface area contributed by atoms with E-state index in [4.69, 9.17) is 5.73 Å². The Morgan fingerprint density at radius 3 is 2.33 bits per heavy atom. The fourth-order valence-corrected chi connectivity index (χ4v) is 1.99. The monoisotopic (exact) mass is 125 g/mol. The van der Waals surface area contributed by atoms with Crippen molar-refractivity contribution >= 4 is 5.91 Å². The van der Waals surface area contributed by atoms with Crippen LogP contribution in [0.2, 0.25) is 0 Å². The van der Waals surface area contributed by atoms with Crippen LogP contribution in [-0.2, 0) is 4.79 Å². The number of rotatable bonds is 1. The SMILES string of the molecule is C[C@@H]1CC12C[C@@H]2C(N)=O. The lowest BCUT2D eigenvalue weighted by Gasteiger charge is -1.86. The molecule has 0 aromatic rings. The van der Waals surface area contributed by atoms with Gasteiger partial charge in [0.05, 0.1) is 0 Å². The topological polar surface area (TPSA) is 43.1 Å². The van der Waals surface area contributed by atoms with E-state index >= 15 is 0 Å². The first kappa shape index (κ1) is 5.27. The minimum absolute atomic E-state index is 0.0839. The van der Waals surface area contributed by atoms with Gasteiger partial charge in [0.25, 0.3) is 0 Å². The first-order chi connectivity index (χ1) is 4.17. The van der Waals surface area contributed by atoms with Crippen molar-refractivity contribution in [2.45, 2.75) is 19.8 Å². The second-order valence-electron chi connectivity index (χ2n) is 3.50. The molecule has 2 saturated carbocycles. The molecular weight excluding hydrogens is 114 g/mol. The van der Waals surface area contributed by atoms with Crippen molar-refractivity contribution in [1.29, 1.82) is 0 Å². The largest absolute Gasteiger partial charge is 0.369 e. The van der Waals surface area contributed by atoms with Crippen LogP contribution in [0.5, 0.6) is 0 Å². The molecule has 2 aliphatic rings. The molecule has 9 heavy (non-hydrogen) atoms. The Morgan fingerprint density at radius 2 is 2.22 bits per heavy atom. The van der Waals surface area contributed by atoms with Gasteiger partial charge in [0.2, 0.25) is 5.91 Å². The Morgan fingerprint density at radius 1 is 1.67 bits per heavy atom. The first-order valence-corrected chi connectivity index (χ1v) is 3.46. The van der Waals surface area contributed by atoms with E-state index in [0.717, 1.165) is 12.3 Å². The van der Waals surface area contributed by atoms with Crippen LogP contribution in [0.1, 0.15) is 19.8 Å². The average Bonchev–Trinajstić information content (AvgIpc) is 2.54. The van der Waals surface area contributed by atoms with Crippen molar-refractivity contribution < 1.29 is 4.79 Å². The minimum Gasteiger partial charge on any atom is -0.369 e. The van der Waals surface area contributed by atoms with Gasteiger partial charge in [-0.3, -0.25) is 4.79 Å². The second-order valence-corrected chi connectivity index (χ2v) is 3.50. The third-order valence-electron chi connectivity index (χ3n) is 2.97. The van der Waals surface area contributed by atoms with Gasteiger partial charge < -0.3 is 5.73 Å². The molecule has 0 radical (unpaired) electrons. The third-order valence-corrected chi connectivity index (χ3v) is 2.97. The number of primary amides is 1. The van der Waals surface area contributed by atoms with Crippen molar-refractivity contribution in [2.75, 3.05) is 0 Å². The lowest BCUT2D eigenvalue weighted by molar-refractivity contribution is -0.119. The van der Waals surface area contributed by atoms with E-state index in [1.54, 1.807) is 0 Å². The van der Waals surface area contributed by atoms with Gasteiger partial charge in [0, 0.05) is 5.92 Å². The van der Waals surface area contributed by atoms with Crippen LogP contribution in [0.4, 0.5) is 0 Å². The molecule has 0 aromatic carbocycles. The molecule has 2 N–H and O–H groups in total. The van der Waals surface area contributed by atoms with Gasteiger partial charge in [-0.1, -0.05) is 6.92 Å². The third kappa shape index (κ3) is 0.485. The number of nitrogens with two attached hydrogens (primary N) is 1. The molecule has 2 rings (SSSR count). The molecule has 1 spiro atoms. The average molecular weight is 125 g/mol. The maximum atomic E-state index is 10.6. The quantitative estimate of drug-likeness (QED) is 0.545. The fourth-order valence-electron chi connectivity index (χ4n) is 1.99. The van der Waals surface area contributed by atoms with Crippen molar-refractivity contribution in [3.8, 4) is 0 Å². The predicted octanol–water partition coefficient (Wildman–Crippen LogP) is 0.518. The molecule has 0 aliphatic heterocycles. The van der Waals surface area contributed by atoms with Gasteiger partial charge in [0.1, 0.15) is 0 Å². The molecule has 0 heterocycles. The van der Waals surface area contributed by atoms with E-state index < -0.39 is 0 Å². The van der Waals surface area contributed by atoms with Gasteiger partial charge in [0.15, 0.2) is 0 Å². The summed E-state index contributed by atoms with van der Waals surface area (Å²) in [5, 5.41) is 0. The highest BCUT2D eigenvalue weighted by molar-refractivity contribution is 5.81. The molecule has 1 amide bonds. The summed E-state index contributed by atoms with van der Waals surface area (Å²) in [6.45, 7) is 2.20. The van der Waals surface area contributed by atoms with Crippen LogP contribution in [0.25, 0.3) is 0 Å². The van der Waals surface area contributed by atoms with Gasteiger partial charge >= 0.3 is 0 Å². The Hall–Kier alpha value is -0.530. The van der Waals surface area contributed by atoms with Crippen LogP contribution >= 0.6 is 0 Å². The van der Waals surface area contributed by atoms with E-state index in [1.807, 2.05) is 0 Å².